The van der Waals surface area contributed by atoms with Gasteiger partial charge >= 0.3 is 6.03 Å². The number of aryl methyl sites for hydroxylation is 1. The summed E-state index contributed by atoms with van der Waals surface area (Å²) < 4.78 is 1.82. The molecule has 9 nitrogen and oxygen atoms in total. The van der Waals surface area contributed by atoms with Crippen molar-refractivity contribution in [1.82, 2.24) is 24.3 Å². The van der Waals surface area contributed by atoms with Gasteiger partial charge < -0.3 is 19.9 Å². The zero-order chi connectivity index (χ0) is 28.5. The normalized spacial score (nSPS) is 17.6. The van der Waals surface area contributed by atoms with Gasteiger partial charge in [-0.1, -0.05) is 23.7 Å². The molecule has 1 fully saturated rings. The Morgan fingerprint density at radius 1 is 1.15 bits per heavy atom. The third-order valence-corrected chi connectivity index (χ3v) is 7.99. The number of pyridine rings is 1. The van der Waals surface area contributed by atoms with E-state index >= 15 is 0 Å². The number of imidazole rings is 1. The lowest BCUT2D eigenvalue weighted by molar-refractivity contribution is 0.125. The Balaban J connectivity index is 1.29. The van der Waals surface area contributed by atoms with Gasteiger partial charge in [0.15, 0.2) is 0 Å². The van der Waals surface area contributed by atoms with Crippen LogP contribution in [0.25, 0.3) is 11.6 Å². The molecule has 0 radical (unpaired) electrons. The molecule has 208 valence electrons. The number of urea groups is 1. The number of aliphatic imine (C=N–C) groups is 1. The van der Waals surface area contributed by atoms with E-state index in [9.17, 15) is 9.90 Å². The summed E-state index contributed by atoms with van der Waals surface area (Å²) >= 11 is 6.52. The molecule has 2 aromatic heterocycles. The van der Waals surface area contributed by atoms with Crippen LogP contribution in [0.3, 0.4) is 0 Å². The molecular formula is C31H30ClN7O2. The highest BCUT2D eigenvalue weighted by molar-refractivity contribution is 6.30. The summed E-state index contributed by atoms with van der Waals surface area (Å²) in [6.45, 7) is 5.93. The van der Waals surface area contributed by atoms with Gasteiger partial charge in [0.05, 0.1) is 35.6 Å². The maximum atomic E-state index is 13.0. The fraction of sp³-hybridized carbons (Fsp3) is 0.226. The number of aromatic nitrogens is 3. The van der Waals surface area contributed by atoms with E-state index in [2.05, 4.69) is 26.9 Å². The lowest BCUT2D eigenvalue weighted by Crippen LogP contribution is -2.51. The van der Waals surface area contributed by atoms with E-state index in [1.54, 1.807) is 18.7 Å². The summed E-state index contributed by atoms with van der Waals surface area (Å²) in [6.07, 6.45) is 6.25. The quantitative estimate of drug-likeness (QED) is 0.318. The maximum absolute atomic E-state index is 13.0. The Morgan fingerprint density at radius 3 is 2.63 bits per heavy atom. The molecule has 1 aliphatic heterocycles. The number of nitrogens with zero attached hydrogens (tertiary/aromatic N) is 6. The molecular weight excluding hydrogens is 538 g/mol. The molecule has 2 amide bonds. The average Bonchev–Trinajstić information content (AvgIpc) is 3.37. The smallest absolute Gasteiger partial charge is 0.321 e. The summed E-state index contributed by atoms with van der Waals surface area (Å²) in [7, 11) is 1.86. The molecule has 2 aliphatic rings. The molecule has 3 heterocycles. The molecule has 1 aliphatic carbocycles. The van der Waals surface area contributed by atoms with Crippen LogP contribution < -0.4 is 5.32 Å². The van der Waals surface area contributed by atoms with Crippen LogP contribution in [0.2, 0.25) is 5.02 Å². The standard InChI is InChI=1S/C31H30ClN7O2/c1-33-22-6-8-23(9-7-22)36-31(41)39-14-12-38(13-15-39)29-24-10-5-21(32)17-25(24)26(16-20-4-3-11-35-28(20)29)30(40)27-18-34-19-37(27)2/h3-11,16-19,29-30,40H,1,12-15H2,2H3,(H,36,41). The largest absolute Gasteiger partial charge is 0.382 e. The van der Waals surface area contributed by atoms with Gasteiger partial charge in [-0.15, -0.1) is 0 Å². The number of hydrogen-bond acceptors (Lipinski definition) is 6. The van der Waals surface area contributed by atoms with Crippen molar-refractivity contribution in [2.24, 2.45) is 12.0 Å². The number of aliphatic hydroxyl groups is 1. The summed E-state index contributed by atoms with van der Waals surface area (Å²) in [4.78, 5) is 30.1. The van der Waals surface area contributed by atoms with E-state index in [1.807, 2.05) is 77.2 Å². The number of halogens is 1. The fourth-order valence-corrected chi connectivity index (χ4v) is 5.78. The van der Waals surface area contributed by atoms with Crippen molar-refractivity contribution in [2.45, 2.75) is 12.1 Å². The third kappa shape index (κ3) is 5.27. The molecule has 2 unspecified atom stereocenters. The van der Waals surface area contributed by atoms with E-state index in [-0.39, 0.29) is 12.1 Å². The lowest BCUT2D eigenvalue weighted by Gasteiger charge is -2.39. The fourth-order valence-electron chi connectivity index (χ4n) is 5.61. The van der Waals surface area contributed by atoms with Crippen molar-refractivity contribution < 1.29 is 9.90 Å². The molecule has 6 rings (SSSR count). The Hall–Kier alpha value is -4.31. The van der Waals surface area contributed by atoms with Gasteiger partial charge in [-0.25, -0.2) is 9.78 Å². The predicted molar refractivity (Wildman–Crippen MR) is 161 cm³/mol. The van der Waals surface area contributed by atoms with Crippen molar-refractivity contribution in [3.05, 3.63) is 106 Å². The topological polar surface area (TPSA) is 98.9 Å². The van der Waals surface area contributed by atoms with Crippen LogP contribution in [0.4, 0.5) is 16.2 Å². The maximum Gasteiger partial charge on any atom is 0.321 e. The van der Waals surface area contributed by atoms with E-state index < -0.39 is 6.10 Å². The number of amides is 2. The summed E-state index contributed by atoms with van der Waals surface area (Å²) in [5.74, 6) is 0. The Labute approximate surface area is 243 Å². The first kappa shape index (κ1) is 26.9. The monoisotopic (exact) mass is 567 g/mol. The number of carbonyl (C=O) groups excluding carboxylic acids is 1. The molecule has 0 bridgehead atoms. The van der Waals surface area contributed by atoms with Crippen LogP contribution in [0.15, 0.2) is 78.3 Å². The highest BCUT2D eigenvalue weighted by Crippen LogP contribution is 2.44. The first-order valence-electron chi connectivity index (χ1n) is 13.4. The van der Waals surface area contributed by atoms with Gasteiger partial charge in [0.2, 0.25) is 0 Å². The number of hydrogen-bond donors (Lipinski definition) is 2. The summed E-state index contributed by atoms with van der Waals surface area (Å²) in [6, 6.07) is 16.7. The van der Waals surface area contributed by atoms with Crippen LogP contribution in [0.1, 0.15) is 40.2 Å². The minimum absolute atomic E-state index is 0.140. The number of rotatable bonds is 5. The second-order valence-electron chi connectivity index (χ2n) is 10.2. The number of anilines is 1. The van der Waals surface area contributed by atoms with Gasteiger partial charge in [-0.2, -0.15) is 0 Å². The van der Waals surface area contributed by atoms with Crippen LogP contribution in [-0.2, 0) is 7.05 Å². The van der Waals surface area contributed by atoms with Crippen LogP contribution in [0.5, 0.6) is 0 Å². The van der Waals surface area contributed by atoms with Crippen LogP contribution >= 0.6 is 11.6 Å². The van der Waals surface area contributed by atoms with Crippen LogP contribution in [0, 0.1) is 0 Å². The van der Waals surface area contributed by atoms with Crippen LogP contribution in [-0.4, -0.2) is 68.4 Å². The first-order valence-corrected chi connectivity index (χ1v) is 13.8. The van der Waals surface area contributed by atoms with Crippen molar-refractivity contribution in [3.8, 4) is 0 Å². The molecule has 10 heteroatoms. The summed E-state index contributed by atoms with van der Waals surface area (Å²) in [5.41, 5.74) is 6.58. The van der Waals surface area contributed by atoms with Gasteiger partial charge in [-0.05, 0) is 77.5 Å². The van der Waals surface area contributed by atoms with Crippen molar-refractivity contribution in [3.63, 3.8) is 0 Å². The number of carbonyl (C=O) groups is 1. The minimum Gasteiger partial charge on any atom is -0.382 e. The number of fused-ring (bicyclic) bond motifs is 2. The zero-order valence-corrected chi connectivity index (χ0v) is 23.4. The molecule has 4 aromatic rings. The Bertz CT molecular complexity index is 1620. The van der Waals surface area contributed by atoms with E-state index in [0.717, 1.165) is 33.6 Å². The van der Waals surface area contributed by atoms with Crippen molar-refractivity contribution >= 4 is 47.4 Å². The number of nitrogens with one attached hydrogen (secondary N) is 1. The Kier molecular flexibility index (Phi) is 7.40. The Morgan fingerprint density at radius 2 is 1.93 bits per heavy atom. The molecule has 2 N–H and O–H groups in total. The van der Waals surface area contributed by atoms with Gasteiger partial charge in [0, 0.05) is 50.1 Å². The highest BCUT2D eigenvalue weighted by Gasteiger charge is 2.35. The van der Waals surface area contributed by atoms with E-state index in [1.165, 1.54) is 0 Å². The van der Waals surface area contributed by atoms with Crippen molar-refractivity contribution in [2.75, 3.05) is 31.5 Å². The summed E-state index contributed by atoms with van der Waals surface area (Å²) in [5, 5.41) is 15.1. The average molecular weight is 568 g/mol. The molecule has 0 saturated carbocycles. The van der Waals surface area contributed by atoms with E-state index in [0.29, 0.717) is 42.6 Å². The number of aliphatic hydroxyl groups excluding tert-OH is 1. The number of piperazine rings is 1. The minimum atomic E-state index is -0.914. The third-order valence-electron chi connectivity index (χ3n) is 7.76. The zero-order valence-electron chi connectivity index (χ0n) is 22.6. The predicted octanol–water partition coefficient (Wildman–Crippen LogP) is 5.33. The first-order chi connectivity index (χ1) is 19.9. The highest BCUT2D eigenvalue weighted by atomic mass is 35.5. The number of benzene rings is 2. The van der Waals surface area contributed by atoms with Crippen molar-refractivity contribution in [1.29, 1.82) is 0 Å². The van der Waals surface area contributed by atoms with Gasteiger partial charge in [0.1, 0.15) is 6.10 Å². The van der Waals surface area contributed by atoms with Gasteiger partial charge in [0.25, 0.3) is 0 Å². The molecule has 2 atom stereocenters. The van der Waals surface area contributed by atoms with Gasteiger partial charge in [-0.3, -0.25) is 14.9 Å². The second kappa shape index (κ2) is 11.3. The SMILES string of the molecule is C=Nc1ccc(NC(=O)N2CCN(C3c4ccc(Cl)cc4C(C(O)c4cncn4C)=Cc4cccnc43)CC2)cc1. The second-order valence-corrected chi connectivity index (χ2v) is 10.6. The molecule has 1 saturated heterocycles. The molecule has 2 aromatic carbocycles. The molecule has 0 spiro atoms. The lowest BCUT2D eigenvalue weighted by atomic mass is 9.91. The van der Waals surface area contributed by atoms with E-state index in [4.69, 9.17) is 16.6 Å². The molecule has 41 heavy (non-hydrogen) atoms.